The Bertz CT molecular complexity index is 782. The summed E-state index contributed by atoms with van der Waals surface area (Å²) < 4.78 is 0. The van der Waals surface area contributed by atoms with E-state index in [1.165, 1.54) is 0 Å². The standard InChI is InChI=1S/C20H24N4O2/c1-14-21-11-18(19(22-14)15-5-3-2-4-6-15)20(26)23-9-7-16(8-10-23)24-12-17(25)13-24/h2-6,11,16-17,25H,7-10,12-13H2,1H3. The van der Waals surface area contributed by atoms with Crippen LogP contribution in [-0.4, -0.2) is 69.1 Å². The molecule has 26 heavy (non-hydrogen) atoms. The lowest BCUT2D eigenvalue weighted by atomic mass is 9.97. The molecular weight excluding hydrogens is 328 g/mol. The van der Waals surface area contributed by atoms with Gasteiger partial charge in [0.25, 0.3) is 5.91 Å². The number of carbonyl (C=O) groups excluding carboxylic acids is 1. The van der Waals surface area contributed by atoms with Crippen molar-refractivity contribution in [2.45, 2.75) is 31.9 Å². The summed E-state index contributed by atoms with van der Waals surface area (Å²) in [7, 11) is 0. The Balaban J connectivity index is 1.50. The maximum absolute atomic E-state index is 13.1. The number of hydrogen-bond acceptors (Lipinski definition) is 5. The number of aryl methyl sites for hydroxylation is 1. The number of aliphatic hydroxyl groups excluding tert-OH is 1. The Labute approximate surface area is 153 Å². The third kappa shape index (κ3) is 3.34. The van der Waals surface area contributed by atoms with Crippen LogP contribution in [0.4, 0.5) is 0 Å². The molecule has 0 radical (unpaired) electrons. The van der Waals surface area contributed by atoms with Gasteiger partial charge < -0.3 is 10.0 Å². The lowest BCUT2D eigenvalue weighted by Gasteiger charge is -2.45. The molecule has 2 aliphatic rings. The van der Waals surface area contributed by atoms with Crippen molar-refractivity contribution in [2.75, 3.05) is 26.2 Å². The molecule has 0 saturated carbocycles. The molecule has 2 saturated heterocycles. The average Bonchev–Trinajstić information content (AvgIpc) is 2.66. The van der Waals surface area contributed by atoms with Crippen LogP contribution in [0.1, 0.15) is 29.0 Å². The van der Waals surface area contributed by atoms with Crippen molar-refractivity contribution >= 4 is 5.91 Å². The Morgan fingerprint density at radius 1 is 1.15 bits per heavy atom. The number of amides is 1. The predicted octanol–water partition coefficient (Wildman–Crippen LogP) is 1.73. The molecule has 136 valence electrons. The quantitative estimate of drug-likeness (QED) is 0.911. The van der Waals surface area contributed by atoms with Crippen LogP contribution in [0.3, 0.4) is 0 Å². The molecule has 3 heterocycles. The van der Waals surface area contributed by atoms with E-state index in [-0.39, 0.29) is 12.0 Å². The number of aliphatic hydroxyl groups is 1. The van der Waals surface area contributed by atoms with Crippen LogP contribution >= 0.6 is 0 Å². The Kier molecular flexibility index (Phi) is 4.70. The highest BCUT2D eigenvalue weighted by Crippen LogP contribution is 2.26. The minimum atomic E-state index is -0.173. The predicted molar refractivity (Wildman–Crippen MR) is 98.7 cm³/mol. The maximum Gasteiger partial charge on any atom is 0.257 e. The van der Waals surface area contributed by atoms with Gasteiger partial charge >= 0.3 is 0 Å². The molecule has 0 aliphatic carbocycles. The van der Waals surface area contributed by atoms with E-state index in [4.69, 9.17) is 0 Å². The minimum Gasteiger partial charge on any atom is -0.390 e. The van der Waals surface area contributed by atoms with Crippen molar-refractivity contribution in [1.29, 1.82) is 0 Å². The monoisotopic (exact) mass is 352 g/mol. The van der Waals surface area contributed by atoms with Crippen molar-refractivity contribution in [2.24, 2.45) is 0 Å². The first-order valence-corrected chi connectivity index (χ1v) is 9.22. The number of likely N-dealkylation sites (tertiary alicyclic amines) is 2. The summed E-state index contributed by atoms with van der Waals surface area (Å²) in [6, 6.07) is 10.3. The molecule has 0 atom stereocenters. The molecule has 1 N–H and O–H groups in total. The lowest BCUT2D eigenvalue weighted by Crippen LogP contribution is -2.58. The van der Waals surface area contributed by atoms with E-state index in [1.807, 2.05) is 42.2 Å². The van der Waals surface area contributed by atoms with Gasteiger partial charge in [0.1, 0.15) is 5.82 Å². The second-order valence-corrected chi connectivity index (χ2v) is 7.18. The van der Waals surface area contributed by atoms with Gasteiger partial charge in [-0.2, -0.15) is 0 Å². The molecule has 2 aliphatic heterocycles. The Morgan fingerprint density at radius 3 is 2.50 bits per heavy atom. The Hall–Kier alpha value is -2.31. The fourth-order valence-electron chi connectivity index (χ4n) is 3.83. The summed E-state index contributed by atoms with van der Waals surface area (Å²) in [5, 5.41) is 9.48. The summed E-state index contributed by atoms with van der Waals surface area (Å²) >= 11 is 0. The molecule has 1 aromatic carbocycles. The van der Waals surface area contributed by atoms with Crippen LogP contribution in [0, 0.1) is 6.92 Å². The van der Waals surface area contributed by atoms with Crippen LogP contribution in [0.5, 0.6) is 0 Å². The van der Waals surface area contributed by atoms with Crippen molar-refractivity contribution in [1.82, 2.24) is 19.8 Å². The smallest absolute Gasteiger partial charge is 0.257 e. The van der Waals surface area contributed by atoms with Crippen molar-refractivity contribution in [3.63, 3.8) is 0 Å². The third-order valence-electron chi connectivity index (χ3n) is 5.35. The van der Waals surface area contributed by atoms with E-state index in [0.717, 1.165) is 44.6 Å². The van der Waals surface area contributed by atoms with Gasteiger partial charge in [0.05, 0.1) is 17.4 Å². The van der Waals surface area contributed by atoms with E-state index in [1.54, 1.807) is 6.20 Å². The second-order valence-electron chi connectivity index (χ2n) is 7.18. The first-order valence-electron chi connectivity index (χ1n) is 9.22. The Morgan fingerprint density at radius 2 is 1.85 bits per heavy atom. The van der Waals surface area contributed by atoms with Crippen molar-refractivity contribution < 1.29 is 9.90 Å². The number of rotatable bonds is 3. The molecule has 0 unspecified atom stereocenters. The van der Waals surface area contributed by atoms with Gasteiger partial charge in [0, 0.05) is 44.0 Å². The highest BCUT2D eigenvalue weighted by atomic mass is 16.3. The van der Waals surface area contributed by atoms with Gasteiger partial charge in [0.2, 0.25) is 0 Å². The van der Waals surface area contributed by atoms with Crippen LogP contribution in [0.2, 0.25) is 0 Å². The van der Waals surface area contributed by atoms with Crippen LogP contribution in [-0.2, 0) is 0 Å². The SMILES string of the molecule is Cc1ncc(C(=O)N2CCC(N3CC(O)C3)CC2)c(-c2ccccc2)n1. The van der Waals surface area contributed by atoms with Crippen LogP contribution in [0.25, 0.3) is 11.3 Å². The minimum absolute atomic E-state index is 0.00551. The first-order chi connectivity index (χ1) is 12.6. The highest BCUT2D eigenvalue weighted by molar-refractivity contribution is 5.99. The zero-order valence-corrected chi connectivity index (χ0v) is 15.0. The van der Waals surface area contributed by atoms with Crippen LogP contribution < -0.4 is 0 Å². The third-order valence-corrected chi connectivity index (χ3v) is 5.35. The number of piperidine rings is 1. The number of benzene rings is 1. The van der Waals surface area contributed by atoms with Gasteiger partial charge in [0.15, 0.2) is 0 Å². The number of carbonyl (C=O) groups is 1. The molecule has 4 rings (SSSR count). The van der Waals surface area contributed by atoms with E-state index >= 15 is 0 Å². The summed E-state index contributed by atoms with van der Waals surface area (Å²) in [4.78, 5) is 26.1. The van der Waals surface area contributed by atoms with E-state index in [9.17, 15) is 9.90 Å². The zero-order valence-electron chi connectivity index (χ0n) is 15.0. The number of aromatic nitrogens is 2. The van der Waals surface area contributed by atoms with Crippen molar-refractivity contribution in [3.05, 3.63) is 47.9 Å². The molecule has 2 aromatic rings. The molecule has 6 nitrogen and oxygen atoms in total. The largest absolute Gasteiger partial charge is 0.390 e. The fraction of sp³-hybridized carbons (Fsp3) is 0.450. The first kappa shape index (κ1) is 17.1. The highest BCUT2D eigenvalue weighted by Gasteiger charge is 2.34. The van der Waals surface area contributed by atoms with Gasteiger partial charge in [-0.1, -0.05) is 30.3 Å². The molecule has 0 bridgehead atoms. The molecular formula is C20H24N4O2. The maximum atomic E-state index is 13.1. The normalized spacial score (nSPS) is 19.4. The van der Waals surface area contributed by atoms with E-state index in [0.29, 0.717) is 23.1 Å². The van der Waals surface area contributed by atoms with Gasteiger partial charge in [-0.05, 0) is 19.8 Å². The molecule has 0 spiro atoms. The van der Waals surface area contributed by atoms with Gasteiger partial charge in [-0.25, -0.2) is 9.97 Å². The molecule has 1 amide bonds. The van der Waals surface area contributed by atoms with E-state index < -0.39 is 0 Å². The van der Waals surface area contributed by atoms with Gasteiger partial charge in [-0.3, -0.25) is 9.69 Å². The lowest BCUT2D eigenvalue weighted by molar-refractivity contribution is -0.0381. The van der Waals surface area contributed by atoms with Gasteiger partial charge in [-0.15, -0.1) is 0 Å². The van der Waals surface area contributed by atoms with E-state index in [2.05, 4.69) is 14.9 Å². The summed E-state index contributed by atoms with van der Waals surface area (Å²) in [5.74, 6) is 0.668. The fourth-order valence-corrected chi connectivity index (χ4v) is 3.83. The average molecular weight is 352 g/mol. The molecule has 1 aromatic heterocycles. The number of hydrogen-bond donors (Lipinski definition) is 1. The zero-order chi connectivity index (χ0) is 18.1. The topological polar surface area (TPSA) is 69.6 Å². The summed E-state index contributed by atoms with van der Waals surface area (Å²) in [6.45, 7) is 4.84. The number of nitrogens with zero attached hydrogens (tertiary/aromatic N) is 4. The van der Waals surface area contributed by atoms with Crippen LogP contribution in [0.15, 0.2) is 36.5 Å². The number of β-amino-alcohol motifs (C(OH)–C–C–N with tert-alkyl or cyclic N) is 1. The summed E-state index contributed by atoms with van der Waals surface area (Å²) in [5.41, 5.74) is 2.21. The molecule has 2 fully saturated rings. The molecule has 6 heteroatoms. The second kappa shape index (κ2) is 7.13. The summed E-state index contributed by atoms with van der Waals surface area (Å²) in [6.07, 6.45) is 3.38. The van der Waals surface area contributed by atoms with Crippen molar-refractivity contribution in [3.8, 4) is 11.3 Å².